The molecule has 1 amide bonds. The minimum Gasteiger partial charge on any atom is -0.493 e. The molecule has 1 aromatic carbocycles. The highest BCUT2D eigenvalue weighted by Gasteiger charge is 2.36. The lowest BCUT2D eigenvalue weighted by molar-refractivity contribution is 0.0702. The van der Waals surface area contributed by atoms with Gasteiger partial charge in [-0.3, -0.25) is 4.79 Å². The van der Waals surface area contributed by atoms with Crippen molar-refractivity contribution in [2.45, 2.75) is 25.3 Å². The Morgan fingerprint density at radius 3 is 2.68 bits per heavy atom. The molecule has 0 aromatic heterocycles. The summed E-state index contributed by atoms with van der Waals surface area (Å²) in [6.07, 6.45) is 3.21. The molecule has 2 fully saturated rings. The van der Waals surface area contributed by atoms with Crippen LogP contribution in [0.4, 0.5) is 0 Å². The Bertz CT molecular complexity index is 535. The number of carbonyl (C=O) groups excluding carboxylic acids is 1. The third-order valence-electron chi connectivity index (χ3n) is 4.36. The van der Waals surface area contributed by atoms with Crippen molar-refractivity contribution in [2.24, 2.45) is 5.92 Å². The van der Waals surface area contributed by atoms with Crippen molar-refractivity contribution in [2.75, 3.05) is 34.0 Å². The SMILES string of the molecule is COc1cccc(C(=O)N(CC2CCOC2)C2CC2)c1OC. The second kappa shape index (κ2) is 6.57. The van der Waals surface area contributed by atoms with E-state index in [0.717, 1.165) is 39.0 Å². The first-order valence-corrected chi connectivity index (χ1v) is 7.84. The summed E-state index contributed by atoms with van der Waals surface area (Å²) in [5.41, 5.74) is 0.577. The fourth-order valence-electron chi connectivity index (χ4n) is 3.00. The Balaban J connectivity index is 1.83. The molecule has 1 atom stereocenters. The van der Waals surface area contributed by atoms with Crippen LogP contribution in [0.25, 0.3) is 0 Å². The van der Waals surface area contributed by atoms with Crippen molar-refractivity contribution in [1.29, 1.82) is 0 Å². The summed E-state index contributed by atoms with van der Waals surface area (Å²) < 4.78 is 16.2. The molecule has 1 heterocycles. The van der Waals surface area contributed by atoms with Gasteiger partial charge in [-0.05, 0) is 31.4 Å². The van der Waals surface area contributed by atoms with Gasteiger partial charge in [-0.2, -0.15) is 0 Å². The predicted molar refractivity (Wildman–Crippen MR) is 82.5 cm³/mol. The first-order chi connectivity index (χ1) is 10.7. The first-order valence-electron chi connectivity index (χ1n) is 7.84. The molecular weight excluding hydrogens is 282 g/mol. The smallest absolute Gasteiger partial charge is 0.258 e. The van der Waals surface area contributed by atoms with Gasteiger partial charge in [0, 0.05) is 25.1 Å². The second-order valence-corrected chi connectivity index (χ2v) is 5.96. The number of rotatable bonds is 6. The summed E-state index contributed by atoms with van der Waals surface area (Å²) >= 11 is 0. The lowest BCUT2D eigenvalue weighted by Crippen LogP contribution is -2.37. The third-order valence-corrected chi connectivity index (χ3v) is 4.36. The fraction of sp³-hybridized carbons (Fsp3) is 0.588. The lowest BCUT2D eigenvalue weighted by Gasteiger charge is -2.26. The maximum absolute atomic E-state index is 13.0. The zero-order valence-corrected chi connectivity index (χ0v) is 13.2. The summed E-state index contributed by atoms with van der Waals surface area (Å²) in [5, 5.41) is 0. The molecule has 1 saturated carbocycles. The van der Waals surface area contributed by atoms with E-state index in [1.165, 1.54) is 0 Å². The molecule has 1 aliphatic heterocycles. The van der Waals surface area contributed by atoms with Gasteiger partial charge in [0.1, 0.15) is 0 Å². The Morgan fingerprint density at radius 1 is 1.27 bits per heavy atom. The predicted octanol–water partition coefficient (Wildman–Crippen LogP) is 2.34. The van der Waals surface area contributed by atoms with Crippen LogP contribution in [-0.2, 0) is 4.74 Å². The number of para-hydroxylation sites is 1. The minimum absolute atomic E-state index is 0.0325. The van der Waals surface area contributed by atoms with E-state index in [2.05, 4.69) is 0 Å². The van der Waals surface area contributed by atoms with Crippen LogP contribution < -0.4 is 9.47 Å². The maximum Gasteiger partial charge on any atom is 0.258 e. The molecule has 1 unspecified atom stereocenters. The number of ether oxygens (including phenoxy) is 3. The van der Waals surface area contributed by atoms with Crippen LogP contribution in [0.2, 0.25) is 0 Å². The molecular formula is C17H23NO4. The fourth-order valence-corrected chi connectivity index (χ4v) is 3.00. The molecule has 1 aromatic rings. The van der Waals surface area contributed by atoms with Crippen LogP contribution in [0.5, 0.6) is 11.5 Å². The molecule has 0 radical (unpaired) electrons. The van der Waals surface area contributed by atoms with Gasteiger partial charge in [0.15, 0.2) is 11.5 Å². The molecule has 120 valence electrons. The average Bonchev–Trinajstić information content (AvgIpc) is 3.27. The highest BCUT2D eigenvalue weighted by atomic mass is 16.5. The lowest BCUT2D eigenvalue weighted by atomic mass is 10.1. The monoisotopic (exact) mass is 305 g/mol. The van der Waals surface area contributed by atoms with Gasteiger partial charge < -0.3 is 19.1 Å². The molecule has 3 rings (SSSR count). The Morgan fingerprint density at radius 2 is 2.09 bits per heavy atom. The summed E-state index contributed by atoms with van der Waals surface area (Å²) in [4.78, 5) is 15.0. The average molecular weight is 305 g/mol. The second-order valence-electron chi connectivity index (χ2n) is 5.96. The van der Waals surface area contributed by atoms with Crippen molar-refractivity contribution in [1.82, 2.24) is 4.90 Å². The van der Waals surface area contributed by atoms with Crippen LogP contribution >= 0.6 is 0 Å². The zero-order valence-electron chi connectivity index (χ0n) is 13.2. The van der Waals surface area contributed by atoms with Crippen LogP contribution in [0.3, 0.4) is 0 Å². The molecule has 5 nitrogen and oxygen atoms in total. The van der Waals surface area contributed by atoms with Gasteiger partial charge in [0.05, 0.1) is 26.4 Å². The number of amides is 1. The van der Waals surface area contributed by atoms with Crippen molar-refractivity contribution in [3.8, 4) is 11.5 Å². The van der Waals surface area contributed by atoms with E-state index in [-0.39, 0.29) is 5.91 Å². The van der Waals surface area contributed by atoms with Gasteiger partial charge in [-0.25, -0.2) is 0 Å². The number of methoxy groups -OCH3 is 2. The van der Waals surface area contributed by atoms with E-state index in [1.807, 2.05) is 23.1 Å². The molecule has 1 saturated heterocycles. The Hall–Kier alpha value is -1.75. The van der Waals surface area contributed by atoms with Gasteiger partial charge in [0.2, 0.25) is 0 Å². The largest absolute Gasteiger partial charge is 0.493 e. The van der Waals surface area contributed by atoms with E-state index in [4.69, 9.17) is 14.2 Å². The van der Waals surface area contributed by atoms with E-state index in [0.29, 0.717) is 29.0 Å². The maximum atomic E-state index is 13.0. The highest BCUT2D eigenvalue weighted by molar-refractivity contribution is 5.98. The van der Waals surface area contributed by atoms with E-state index < -0.39 is 0 Å². The molecule has 5 heteroatoms. The van der Waals surface area contributed by atoms with Crippen molar-refractivity contribution in [3.63, 3.8) is 0 Å². The third kappa shape index (κ3) is 3.04. The van der Waals surface area contributed by atoms with Gasteiger partial charge >= 0.3 is 0 Å². The molecule has 2 aliphatic rings. The molecule has 0 spiro atoms. The summed E-state index contributed by atoms with van der Waals surface area (Å²) in [6.45, 7) is 2.33. The first kappa shape index (κ1) is 15.2. The Labute approximate surface area is 131 Å². The number of hydrogen-bond acceptors (Lipinski definition) is 4. The topological polar surface area (TPSA) is 48.0 Å². The standard InChI is InChI=1S/C17H23NO4/c1-20-15-5-3-4-14(16(15)21-2)17(19)18(13-6-7-13)10-12-8-9-22-11-12/h3-5,12-13H,6-11H2,1-2H3. The van der Waals surface area contributed by atoms with Crippen molar-refractivity contribution >= 4 is 5.91 Å². The highest BCUT2D eigenvalue weighted by Crippen LogP contribution is 2.35. The van der Waals surface area contributed by atoms with Gasteiger partial charge in [-0.15, -0.1) is 0 Å². The molecule has 0 bridgehead atoms. The minimum atomic E-state index is 0.0325. The van der Waals surface area contributed by atoms with E-state index in [9.17, 15) is 4.79 Å². The number of benzene rings is 1. The summed E-state index contributed by atoms with van der Waals surface area (Å²) in [7, 11) is 3.15. The van der Waals surface area contributed by atoms with Crippen LogP contribution in [0, 0.1) is 5.92 Å². The summed E-state index contributed by atoms with van der Waals surface area (Å²) in [5.74, 6) is 1.59. The van der Waals surface area contributed by atoms with Crippen LogP contribution in [0.1, 0.15) is 29.6 Å². The molecule has 22 heavy (non-hydrogen) atoms. The number of hydrogen-bond donors (Lipinski definition) is 0. The number of carbonyl (C=O) groups is 1. The van der Waals surface area contributed by atoms with Crippen LogP contribution in [0.15, 0.2) is 18.2 Å². The van der Waals surface area contributed by atoms with E-state index in [1.54, 1.807) is 14.2 Å². The zero-order chi connectivity index (χ0) is 15.5. The van der Waals surface area contributed by atoms with Gasteiger partial charge in [0.25, 0.3) is 5.91 Å². The quantitative estimate of drug-likeness (QED) is 0.809. The van der Waals surface area contributed by atoms with Crippen molar-refractivity contribution in [3.05, 3.63) is 23.8 Å². The summed E-state index contributed by atoms with van der Waals surface area (Å²) in [6, 6.07) is 5.81. The van der Waals surface area contributed by atoms with Crippen LogP contribution in [-0.4, -0.2) is 50.8 Å². The van der Waals surface area contributed by atoms with E-state index >= 15 is 0 Å². The molecule has 1 aliphatic carbocycles. The Kier molecular flexibility index (Phi) is 4.52. The van der Waals surface area contributed by atoms with Gasteiger partial charge in [-0.1, -0.05) is 6.07 Å². The normalized spacial score (nSPS) is 20.7. The number of nitrogens with zero attached hydrogens (tertiary/aromatic N) is 1. The molecule has 0 N–H and O–H groups in total. The van der Waals surface area contributed by atoms with Crippen molar-refractivity contribution < 1.29 is 19.0 Å².